The largest absolute Gasteiger partial charge is 0.438 e. The summed E-state index contributed by atoms with van der Waals surface area (Å²) in [6.45, 7) is 6.60. The van der Waals surface area contributed by atoms with Crippen LogP contribution in [0.5, 0.6) is 0 Å². The molecule has 144 valence electrons. The van der Waals surface area contributed by atoms with Gasteiger partial charge in [0.05, 0.1) is 11.4 Å². The molecule has 2 saturated heterocycles. The van der Waals surface area contributed by atoms with Gasteiger partial charge in [-0.3, -0.25) is 9.69 Å². The summed E-state index contributed by atoms with van der Waals surface area (Å²) in [5.74, 6) is 0.113. The number of oxazole rings is 1. The highest BCUT2D eigenvalue weighted by molar-refractivity contribution is 5.92. The number of amides is 1. The number of aromatic nitrogens is 1. The predicted octanol–water partition coefficient (Wildman–Crippen LogP) is 2.55. The maximum atomic E-state index is 14.0. The van der Waals surface area contributed by atoms with Crippen LogP contribution in [0.3, 0.4) is 0 Å². The summed E-state index contributed by atoms with van der Waals surface area (Å²) in [6.07, 6.45) is 3.39. The number of piperazine rings is 1. The number of nitrogens with zero attached hydrogens (tertiary/aromatic N) is 4. The van der Waals surface area contributed by atoms with Crippen molar-refractivity contribution in [1.82, 2.24) is 14.8 Å². The molecular formula is C20H25FN4O2. The number of carbonyl (C=O) groups is 1. The van der Waals surface area contributed by atoms with E-state index in [-0.39, 0.29) is 11.7 Å². The molecule has 1 amide bonds. The summed E-state index contributed by atoms with van der Waals surface area (Å²) >= 11 is 0. The van der Waals surface area contributed by atoms with Gasteiger partial charge >= 0.3 is 0 Å². The van der Waals surface area contributed by atoms with Crippen molar-refractivity contribution in [1.29, 1.82) is 0 Å². The van der Waals surface area contributed by atoms with Gasteiger partial charge in [0.25, 0.3) is 5.91 Å². The lowest BCUT2D eigenvalue weighted by molar-refractivity contribution is 0.0534. The molecule has 0 unspecified atom stereocenters. The Morgan fingerprint density at radius 1 is 1.19 bits per heavy atom. The third-order valence-corrected chi connectivity index (χ3v) is 5.65. The first kappa shape index (κ1) is 18.0. The number of para-hydroxylation sites is 1. The van der Waals surface area contributed by atoms with E-state index in [1.54, 1.807) is 13.0 Å². The van der Waals surface area contributed by atoms with Crippen LogP contribution < -0.4 is 4.90 Å². The highest BCUT2D eigenvalue weighted by atomic mass is 19.1. The highest BCUT2D eigenvalue weighted by Crippen LogP contribution is 2.24. The van der Waals surface area contributed by atoms with E-state index in [1.807, 2.05) is 17.0 Å². The fourth-order valence-corrected chi connectivity index (χ4v) is 4.12. The summed E-state index contributed by atoms with van der Waals surface area (Å²) in [5, 5.41) is 0. The molecule has 2 aliphatic heterocycles. The average Bonchev–Trinajstić information content (AvgIpc) is 3.14. The van der Waals surface area contributed by atoms with Crippen molar-refractivity contribution in [2.24, 2.45) is 0 Å². The van der Waals surface area contributed by atoms with Crippen LogP contribution in [0, 0.1) is 12.7 Å². The van der Waals surface area contributed by atoms with Crippen molar-refractivity contribution < 1.29 is 13.6 Å². The zero-order chi connectivity index (χ0) is 18.8. The van der Waals surface area contributed by atoms with Gasteiger partial charge in [-0.1, -0.05) is 12.1 Å². The van der Waals surface area contributed by atoms with Gasteiger partial charge in [-0.25, -0.2) is 9.37 Å². The van der Waals surface area contributed by atoms with E-state index in [4.69, 9.17) is 4.42 Å². The van der Waals surface area contributed by atoms with E-state index >= 15 is 0 Å². The topological polar surface area (TPSA) is 52.8 Å². The van der Waals surface area contributed by atoms with Crippen LogP contribution >= 0.6 is 0 Å². The lowest BCUT2D eigenvalue weighted by Gasteiger charge is -2.43. The van der Waals surface area contributed by atoms with E-state index < -0.39 is 0 Å². The van der Waals surface area contributed by atoms with Gasteiger partial charge in [-0.2, -0.15) is 0 Å². The molecule has 1 aromatic carbocycles. The van der Waals surface area contributed by atoms with Gasteiger partial charge in [0.2, 0.25) is 5.76 Å². The Balaban J connectivity index is 1.36. The molecule has 2 aliphatic rings. The first-order valence-electron chi connectivity index (χ1n) is 9.56. The van der Waals surface area contributed by atoms with Crippen molar-refractivity contribution in [3.05, 3.63) is 47.9 Å². The maximum Gasteiger partial charge on any atom is 0.291 e. The van der Waals surface area contributed by atoms with Crippen molar-refractivity contribution in [3.63, 3.8) is 0 Å². The van der Waals surface area contributed by atoms with Crippen LogP contribution in [0.25, 0.3) is 0 Å². The van der Waals surface area contributed by atoms with Crippen molar-refractivity contribution >= 4 is 11.6 Å². The number of piperidine rings is 1. The Morgan fingerprint density at radius 3 is 2.67 bits per heavy atom. The number of hydrogen-bond donors (Lipinski definition) is 0. The second-order valence-corrected chi connectivity index (χ2v) is 7.29. The van der Waals surface area contributed by atoms with Crippen LogP contribution in [0.15, 0.2) is 35.1 Å². The zero-order valence-corrected chi connectivity index (χ0v) is 15.6. The molecule has 27 heavy (non-hydrogen) atoms. The first-order valence-corrected chi connectivity index (χ1v) is 9.56. The van der Waals surface area contributed by atoms with Crippen LogP contribution in [-0.2, 0) is 0 Å². The molecule has 0 aliphatic carbocycles. The third-order valence-electron chi connectivity index (χ3n) is 5.65. The minimum absolute atomic E-state index is 0.0697. The Bertz CT molecular complexity index is 801. The number of benzene rings is 1. The van der Waals surface area contributed by atoms with E-state index in [0.29, 0.717) is 29.7 Å². The number of rotatable bonds is 3. The maximum absolute atomic E-state index is 14.0. The van der Waals surface area contributed by atoms with E-state index in [0.717, 1.165) is 45.6 Å². The molecule has 0 bridgehead atoms. The Kier molecular flexibility index (Phi) is 5.11. The lowest BCUT2D eigenvalue weighted by Crippen LogP contribution is -2.56. The van der Waals surface area contributed by atoms with Gasteiger partial charge in [0.1, 0.15) is 5.82 Å². The van der Waals surface area contributed by atoms with Gasteiger partial charge < -0.3 is 14.2 Å². The van der Waals surface area contributed by atoms with Crippen LogP contribution in [-0.4, -0.2) is 66.0 Å². The normalized spacial score (nSPS) is 21.5. The number of hydrogen-bond acceptors (Lipinski definition) is 5. The van der Waals surface area contributed by atoms with Gasteiger partial charge in [0.15, 0.2) is 6.39 Å². The Labute approximate surface area is 158 Å². The molecule has 2 fully saturated rings. The number of carbonyl (C=O) groups excluding carboxylic acids is 1. The zero-order valence-electron chi connectivity index (χ0n) is 15.6. The fraction of sp³-hybridized carbons (Fsp3) is 0.500. The minimum atomic E-state index is -0.164. The summed E-state index contributed by atoms with van der Waals surface area (Å²) < 4.78 is 19.3. The Hall–Kier alpha value is -2.41. The first-order chi connectivity index (χ1) is 13.1. The molecule has 3 heterocycles. The Morgan fingerprint density at radius 2 is 1.96 bits per heavy atom. The molecule has 6 nitrogen and oxygen atoms in total. The van der Waals surface area contributed by atoms with Gasteiger partial charge in [-0.15, -0.1) is 0 Å². The SMILES string of the molecule is Cc1ncoc1C(=O)N1CCC[C@H](N2CCN(c3ccccc3F)CC2)C1. The standard InChI is InChI=1S/C20H25FN4O2/c1-15-19(27-14-22-15)20(26)25-8-4-5-16(13-25)23-9-11-24(12-10-23)18-7-3-2-6-17(18)21/h2-3,6-7,14,16H,4-5,8-13H2,1H3/t16-/m0/s1. The summed E-state index contributed by atoms with van der Waals surface area (Å²) in [5.41, 5.74) is 1.32. The molecule has 0 saturated carbocycles. The molecule has 0 spiro atoms. The second kappa shape index (κ2) is 7.68. The molecule has 0 N–H and O–H groups in total. The second-order valence-electron chi connectivity index (χ2n) is 7.29. The van der Waals surface area contributed by atoms with Crippen LogP contribution in [0.4, 0.5) is 10.1 Å². The molecule has 0 radical (unpaired) electrons. The van der Waals surface area contributed by atoms with Crippen LogP contribution in [0.2, 0.25) is 0 Å². The quantitative estimate of drug-likeness (QED) is 0.829. The van der Waals surface area contributed by atoms with Crippen molar-refractivity contribution in [2.75, 3.05) is 44.2 Å². The molecule has 2 aromatic rings. The van der Waals surface area contributed by atoms with Gasteiger partial charge in [0, 0.05) is 45.3 Å². The fourth-order valence-electron chi connectivity index (χ4n) is 4.12. The van der Waals surface area contributed by atoms with E-state index in [9.17, 15) is 9.18 Å². The number of halogens is 1. The number of anilines is 1. The molecular weight excluding hydrogens is 347 g/mol. The average molecular weight is 372 g/mol. The smallest absolute Gasteiger partial charge is 0.291 e. The highest BCUT2D eigenvalue weighted by Gasteiger charge is 2.32. The van der Waals surface area contributed by atoms with E-state index in [1.165, 1.54) is 12.5 Å². The minimum Gasteiger partial charge on any atom is -0.438 e. The summed E-state index contributed by atoms with van der Waals surface area (Å²) in [7, 11) is 0. The number of likely N-dealkylation sites (tertiary alicyclic amines) is 1. The number of aryl methyl sites for hydroxylation is 1. The van der Waals surface area contributed by atoms with Gasteiger partial charge in [-0.05, 0) is 31.9 Å². The summed E-state index contributed by atoms with van der Waals surface area (Å²) in [6, 6.07) is 7.29. The molecule has 1 aromatic heterocycles. The van der Waals surface area contributed by atoms with Crippen molar-refractivity contribution in [3.8, 4) is 0 Å². The monoisotopic (exact) mass is 372 g/mol. The third kappa shape index (κ3) is 3.69. The molecule has 1 atom stereocenters. The van der Waals surface area contributed by atoms with Crippen LogP contribution in [0.1, 0.15) is 29.1 Å². The molecule has 7 heteroatoms. The van der Waals surface area contributed by atoms with E-state index in [2.05, 4.69) is 14.8 Å². The summed E-state index contributed by atoms with van der Waals surface area (Å²) in [4.78, 5) is 23.2. The lowest BCUT2D eigenvalue weighted by atomic mass is 10.0. The predicted molar refractivity (Wildman–Crippen MR) is 100 cm³/mol. The molecule has 4 rings (SSSR count). The van der Waals surface area contributed by atoms with Crippen molar-refractivity contribution in [2.45, 2.75) is 25.8 Å².